The highest BCUT2D eigenvalue weighted by Crippen LogP contribution is 2.49. The molecular weight excluding hydrogens is 407 g/mol. The SMILES string of the molecule is CCC(CC(CC(C)(C)C(=O)Oc1ccccc1)c1ccc(O)c(O)c1)P(=O)(O)O. The van der Waals surface area contributed by atoms with E-state index in [0.717, 1.165) is 0 Å². The number of rotatable bonds is 9. The van der Waals surface area contributed by atoms with Crippen molar-refractivity contribution in [3.05, 3.63) is 54.1 Å². The lowest BCUT2D eigenvalue weighted by atomic mass is 9.77. The molecule has 0 amide bonds. The first kappa shape index (κ1) is 23.9. The smallest absolute Gasteiger partial charge is 0.328 e. The van der Waals surface area contributed by atoms with Crippen LogP contribution in [-0.2, 0) is 9.36 Å². The third-order valence-electron chi connectivity index (χ3n) is 5.24. The van der Waals surface area contributed by atoms with Crippen molar-refractivity contribution in [2.24, 2.45) is 5.41 Å². The van der Waals surface area contributed by atoms with Gasteiger partial charge >= 0.3 is 13.6 Å². The summed E-state index contributed by atoms with van der Waals surface area (Å²) in [6, 6.07) is 12.9. The fourth-order valence-electron chi connectivity index (χ4n) is 3.43. The Kier molecular flexibility index (Phi) is 7.70. The minimum absolute atomic E-state index is 0.118. The Bertz CT molecular complexity index is 905. The van der Waals surface area contributed by atoms with Gasteiger partial charge in [0.1, 0.15) is 5.75 Å². The van der Waals surface area contributed by atoms with E-state index in [1.165, 1.54) is 12.1 Å². The van der Waals surface area contributed by atoms with Crippen LogP contribution in [0.2, 0.25) is 0 Å². The molecule has 0 aliphatic rings. The molecular formula is C22H29O7P. The third kappa shape index (κ3) is 6.33. The molecule has 8 heteroatoms. The molecule has 164 valence electrons. The molecule has 30 heavy (non-hydrogen) atoms. The average molecular weight is 436 g/mol. The Morgan fingerprint density at radius 1 is 1.07 bits per heavy atom. The molecule has 0 aromatic heterocycles. The number of ether oxygens (including phenoxy) is 1. The predicted octanol–water partition coefficient (Wildman–Crippen LogP) is 4.55. The van der Waals surface area contributed by atoms with E-state index < -0.39 is 30.6 Å². The molecule has 0 saturated carbocycles. The second-order valence-electron chi connectivity index (χ2n) is 8.12. The van der Waals surface area contributed by atoms with Crippen molar-refractivity contribution < 1.29 is 34.1 Å². The van der Waals surface area contributed by atoms with Gasteiger partial charge in [0, 0.05) is 0 Å². The van der Waals surface area contributed by atoms with Gasteiger partial charge in [0.25, 0.3) is 0 Å². The molecule has 0 heterocycles. The summed E-state index contributed by atoms with van der Waals surface area (Å²) in [5.41, 5.74) is -1.28. The lowest BCUT2D eigenvalue weighted by Gasteiger charge is -2.30. The number of phenols is 2. The molecule has 7 nitrogen and oxygen atoms in total. The standard InChI is InChI=1S/C22H29O7P/c1-4-18(30(26,27)28)12-16(15-10-11-19(23)20(24)13-15)14-22(2,3)21(25)29-17-8-6-5-7-9-17/h5-11,13,16,18,23-24H,4,12,14H2,1-3H3,(H2,26,27,28). The highest BCUT2D eigenvalue weighted by atomic mass is 31.2. The van der Waals surface area contributed by atoms with Crippen LogP contribution >= 0.6 is 7.60 Å². The minimum atomic E-state index is -4.34. The van der Waals surface area contributed by atoms with Crippen molar-refractivity contribution >= 4 is 13.6 Å². The second kappa shape index (κ2) is 9.65. The number of hydrogen-bond acceptors (Lipinski definition) is 5. The molecule has 2 rings (SSSR count). The van der Waals surface area contributed by atoms with Gasteiger partial charge in [-0.25, -0.2) is 0 Å². The van der Waals surface area contributed by atoms with E-state index in [9.17, 15) is 29.4 Å². The number of hydrogen-bond donors (Lipinski definition) is 4. The normalized spacial score (nSPS) is 14.2. The fraction of sp³-hybridized carbons (Fsp3) is 0.409. The number of esters is 1. The van der Waals surface area contributed by atoms with Crippen molar-refractivity contribution in [1.82, 2.24) is 0 Å². The number of carbonyl (C=O) groups is 1. The van der Waals surface area contributed by atoms with Crippen molar-refractivity contribution in [1.29, 1.82) is 0 Å². The maximum Gasteiger partial charge on any atom is 0.328 e. The number of para-hydroxylation sites is 1. The summed E-state index contributed by atoms with van der Waals surface area (Å²) in [6.45, 7) is 5.12. The number of phenolic OH excluding ortho intramolecular Hbond substituents is 2. The second-order valence-corrected chi connectivity index (χ2v) is 10.0. The minimum Gasteiger partial charge on any atom is -0.504 e. The van der Waals surface area contributed by atoms with Crippen LogP contribution in [0.15, 0.2) is 48.5 Å². The van der Waals surface area contributed by atoms with Crippen molar-refractivity contribution in [2.75, 3.05) is 0 Å². The predicted molar refractivity (Wildman–Crippen MR) is 114 cm³/mol. The monoisotopic (exact) mass is 436 g/mol. The van der Waals surface area contributed by atoms with E-state index in [2.05, 4.69) is 0 Å². The summed E-state index contributed by atoms with van der Waals surface area (Å²) in [4.78, 5) is 32.2. The Balaban J connectivity index is 2.31. The number of aromatic hydroxyl groups is 2. The summed E-state index contributed by atoms with van der Waals surface area (Å²) >= 11 is 0. The van der Waals surface area contributed by atoms with Crippen molar-refractivity contribution in [3.8, 4) is 17.2 Å². The maximum atomic E-state index is 12.8. The zero-order valence-corrected chi connectivity index (χ0v) is 18.3. The third-order valence-corrected chi connectivity index (χ3v) is 6.76. The number of benzene rings is 2. The van der Waals surface area contributed by atoms with E-state index in [4.69, 9.17) is 4.74 Å². The highest BCUT2D eigenvalue weighted by Gasteiger charge is 2.37. The summed E-state index contributed by atoms with van der Waals surface area (Å²) < 4.78 is 17.4. The summed E-state index contributed by atoms with van der Waals surface area (Å²) in [7, 11) is -4.34. The Morgan fingerprint density at radius 3 is 2.23 bits per heavy atom. The van der Waals surface area contributed by atoms with Crippen LogP contribution in [-0.4, -0.2) is 31.6 Å². The quantitative estimate of drug-likeness (QED) is 0.197. The Labute approximate surface area is 176 Å². The molecule has 2 atom stereocenters. The van der Waals surface area contributed by atoms with Gasteiger partial charge in [0.05, 0.1) is 11.1 Å². The maximum absolute atomic E-state index is 12.8. The van der Waals surface area contributed by atoms with Gasteiger partial charge in [-0.2, -0.15) is 0 Å². The first-order valence-corrected chi connectivity index (χ1v) is 11.5. The lowest BCUT2D eigenvalue weighted by Crippen LogP contribution is -2.31. The topological polar surface area (TPSA) is 124 Å². The van der Waals surface area contributed by atoms with E-state index in [1.807, 2.05) is 6.07 Å². The van der Waals surface area contributed by atoms with Gasteiger partial charge in [-0.15, -0.1) is 0 Å². The van der Waals surface area contributed by atoms with E-state index in [-0.39, 0.29) is 30.8 Å². The first-order valence-electron chi connectivity index (χ1n) is 9.78. The van der Waals surface area contributed by atoms with Crippen LogP contribution in [0.25, 0.3) is 0 Å². The average Bonchev–Trinajstić information content (AvgIpc) is 2.67. The molecule has 0 aliphatic heterocycles. The molecule has 0 radical (unpaired) electrons. The summed E-state index contributed by atoms with van der Waals surface area (Å²) in [6.07, 6.45) is 0.617. The Morgan fingerprint density at radius 2 is 1.70 bits per heavy atom. The molecule has 2 aromatic rings. The van der Waals surface area contributed by atoms with Gasteiger partial charge in [-0.05, 0) is 68.9 Å². The molecule has 0 fully saturated rings. The van der Waals surface area contributed by atoms with E-state index >= 15 is 0 Å². The molecule has 2 unspecified atom stereocenters. The summed E-state index contributed by atoms with van der Waals surface area (Å²) in [5, 5.41) is 19.5. The van der Waals surface area contributed by atoms with Crippen LogP contribution in [0.1, 0.15) is 51.5 Å². The number of carbonyl (C=O) groups excluding carboxylic acids is 1. The van der Waals surface area contributed by atoms with Crippen molar-refractivity contribution in [2.45, 2.75) is 51.6 Å². The Hall–Kier alpha value is -2.34. The lowest BCUT2D eigenvalue weighted by molar-refractivity contribution is -0.144. The van der Waals surface area contributed by atoms with Gasteiger partial charge in [-0.1, -0.05) is 31.2 Å². The fourth-order valence-corrected chi connectivity index (χ4v) is 4.44. The molecule has 0 spiro atoms. The van der Waals surface area contributed by atoms with Gasteiger partial charge in [0.15, 0.2) is 11.5 Å². The summed E-state index contributed by atoms with van der Waals surface area (Å²) in [5.74, 6) is -1.12. The molecule has 0 aliphatic carbocycles. The largest absolute Gasteiger partial charge is 0.504 e. The van der Waals surface area contributed by atoms with E-state index in [1.54, 1.807) is 51.1 Å². The van der Waals surface area contributed by atoms with Gasteiger partial charge in [-0.3, -0.25) is 9.36 Å². The zero-order chi connectivity index (χ0) is 22.5. The van der Waals surface area contributed by atoms with Crippen LogP contribution in [0.3, 0.4) is 0 Å². The molecule has 2 aromatic carbocycles. The first-order chi connectivity index (χ1) is 13.9. The molecule has 0 saturated heterocycles. The zero-order valence-electron chi connectivity index (χ0n) is 17.4. The highest BCUT2D eigenvalue weighted by molar-refractivity contribution is 7.52. The van der Waals surface area contributed by atoms with Crippen LogP contribution < -0.4 is 4.74 Å². The van der Waals surface area contributed by atoms with Gasteiger partial charge in [0.2, 0.25) is 0 Å². The van der Waals surface area contributed by atoms with E-state index in [0.29, 0.717) is 11.3 Å². The molecule has 4 N–H and O–H groups in total. The van der Waals surface area contributed by atoms with Crippen molar-refractivity contribution in [3.63, 3.8) is 0 Å². The van der Waals surface area contributed by atoms with Gasteiger partial charge < -0.3 is 24.7 Å². The van der Waals surface area contributed by atoms with Crippen LogP contribution in [0.5, 0.6) is 17.2 Å². The van der Waals surface area contributed by atoms with Crippen LogP contribution in [0, 0.1) is 5.41 Å². The molecule has 0 bridgehead atoms. The van der Waals surface area contributed by atoms with Crippen LogP contribution in [0.4, 0.5) is 0 Å².